The van der Waals surface area contributed by atoms with E-state index in [9.17, 15) is 14.4 Å². The van der Waals surface area contributed by atoms with Crippen molar-refractivity contribution >= 4 is 23.2 Å². The lowest BCUT2D eigenvalue weighted by Gasteiger charge is -2.08. The molecule has 0 aliphatic rings. The van der Waals surface area contributed by atoms with E-state index in [2.05, 4.69) is 15.7 Å². The van der Waals surface area contributed by atoms with Gasteiger partial charge in [0, 0.05) is 23.9 Å². The Morgan fingerprint density at radius 1 is 0.815 bits per heavy atom. The molecule has 0 radical (unpaired) electrons. The first-order valence-electron chi connectivity index (χ1n) is 8.41. The highest BCUT2D eigenvalue weighted by Crippen LogP contribution is 2.07. The molecule has 0 aliphatic carbocycles. The second-order valence-electron chi connectivity index (χ2n) is 5.76. The Bertz CT molecular complexity index is 985. The molecule has 0 unspecified atom stereocenters. The van der Waals surface area contributed by atoms with Gasteiger partial charge in [-0.2, -0.15) is 5.10 Å². The van der Waals surface area contributed by atoms with Crippen molar-refractivity contribution in [2.24, 2.45) is 0 Å². The summed E-state index contributed by atoms with van der Waals surface area (Å²) in [6.45, 7) is 0.0734. The molecule has 2 N–H and O–H groups in total. The zero-order valence-corrected chi connectivity index (χ0v) is 14.5. The van der Waals surface area contributed by atoms with Crippen molar-refractivity contribution in [2.45, 2.75) is 13.0 Å². The van der Waals surface area contributed by atoms with Crippen molar-refractivity contribution in [3.8, 4) is 0 Å². The van der Waals surface area contributed by atoms with E-state index in [0.717, 1.165) is 4.68 Å². The predicted octanol–water partition coefficient (Wildman–Crippen LogP) is 2.52. The zero-order chi connectivity index (χ0) is 19.1. The minimum atomic E-state index is -0.427. The van der Waals surface area contributed by atoms with Gasteiger partial charge in [0.15, 0.2) is 0 Å². The molecule has 7 heteroatoms. The lowest BCUT2D eigenvalue weighted by Crippen LogP contribution is -2.28. The first-order chi connectivity index (χ1) is 13.1. The molecule has 2 aromatic carbocycles. The smallest absolute Gasteiger partial charge is 0.276 e. The van der Waals surface area contributed by atoms with Gasteiger partial charge in [-0.1, -0.05) is 36.4 Å². The van der Waals surface area contributed by atoms with Crippen molar-refractivity contribution < 1.29 is 9.59 Å². The maximum Gasteiger partial charge on any atom is 0.276 e. The molecule has 0 saturated carbocycles. The van der Waals surface area contributed by atoms with Crippen LogP contribution < -0.4 is 16.2 Å². The standard InChI is InChI=1S/C20H18N4O3/c25-18(21-15-7-3-1-4-8-15)13-14-24-19(26)12-11-17(23-24)20(27)22-16-9-5-2-6-10-16/h1-12H,13-14H2,(H,21,25)(H,22,27). The van der Waals surface area contributed by atoms with Gasteiger partial charge in [0.1, 0.15) is 5.69 Å². The van der Waals surface area contributed by atoms with Crippen LogP contribution in [0.1, 0.15) is 16.9 Å². The van der Waals surface area contributed by atoms with E-state index in [4.69, 9.17) is 0 Å². The molecule has 3 rings (SSSR count). The van der Waals surface area contributed by atoms with E-state index in [-0.39, 0.29) is 30.1 Å². The average molecular weight is 362 g/mol. The molecular weight excluding hydrogens is 344 g/mol. The van der Waals surface area contributed by atoms with Crippen molar-refractivity contribution in [1.82, 2.24) is 9.78 Å². The Balaban J connectivity index is 1.64. The molecule has 3 aromatic rings. The zero-order valence-electron chi connectivity index (χ0n) is 14.5. The normalized spacial score (nSPS) is 10.2. The fourth-order valence-electron chi connectivity index (χ4n) is 2.40. The summed E-state index contributed by atoms with van der Waals surface area (Å²) in [6, 6.07) is 20.6. The summed E-state index contributed by atoms with van der Waals surface area (Å²) in [6.07, 6.45) is 0.0611. The van der Waals surface area contributed by atoms with Gasteiger partial charge in [0.25, 0.3) is 11.5 Å². The minimum absolute atomic E-state index is 0.0611. The number of para-hydroxylation sites is 2. The Labute approximate surface area is 155 Å². The third-order valence-corrected chi connectivity index (χ3v) is 3.74. The summed E-state index contributed by atoms with van der Waals surface area (Å²) >= 11 is 0. The number of aromatic nitrogens is 2. The van der Waals surface area contributed by atoms with Crippen LogP contribution in [-0.4, -0.2) is 21.6 Å². The summed E-state index contributed by atoms with van der Waals surface area (Å²) < 4.78 is 1.12. The average Bonchev–Trinajstić information content (AvgIpc) is 2.69. The van der Waals surface area contributed by atoms with E-state index < -0.39 is 5.91 Å². The Morgan fingerprint density at radius 2 is 1.41 bits per heavy atom. The summed E-state index contributed by atoms with van der Waals surface area (Å²) in [4.78, 5) is 36.3. The maximum absolute atomic E-state index is 12.3. The third-order valence-electron chi connectivity index (χ3n) is 3.74. The number of nitrogens with one attached hydrogen (secondary N) is 2. The molecule has 0 atom stereocenters. The Kier molecular flexibility index (Phi) is 5.73. The van der Waals surface area contributed by atoms with Crippen molar-refractivity contribution in [3.63, 3.8) is 0 Å². The van der Waals surface area contributed by atoms with Gasteiger partial charge in [-0.05, 0) is 30.3 Å². The van der Waals surface area contributed by atoms with Gasteiger partial charge in [-0.15, -0.1) is 0 Å². The van der Waals surface area contributed by atoms with Crippen LogP contribution in [0.4, 0.5) is 11.4 Å². The first kappa shape index (κ1) is 18.1. The van der Waals surface area contributed by atoms with Gasteiger partial charge in [-0.25, -0.2) is 4.68 Å². The molecule has 0 saturated heterocycles. The summed E-state index contributed by atoms with van der Waals surface area (Å²) in [5.41, 5.74) is 1.03. The largest absolute Gasteiger partial charge is 0.326 e. The molecule has 1 heterocycles. The molecule has 0 fully saturated rings. The van der Waals surface area contributed by atoms with Gasteiger partial charge >= 0.3 is 0 Å². The fraction of sp³-hybridized carbons (Fsp3) is 0.100. The molecule has 2 amide bonds. The molecule has 1 aromatic heterocycles. The van der Waals surface area contributed by atoms with Gasteiger partial charge in [0.05, 0.1) is 6.54 Å². The number of carbonyl (C=O) groups excluding carboxylic acids is 2. The van der Waals surface area contributed by atoms with Crippen LogP contribution in [0.25, 0.3) is 0 Å². The van der Waals surface area contributed by atoms with Crippen molar-refractivity contribution in [3.05, 3.63) is 88.8 Å². The van der Waals surface area contributed by atoms with Gasteiger partial charge in [-0.3, -0.25) is 14.4 Å². The highest BCUT2D eigenvalue weighted by Gasteiger charge is 2.11. The van der Waals surface area contributed by atoms with Crippen LogP contribution in [0.5, 0.6) is 0 Å². The predicted molar refractivity (Wildman–Crippen MR) is 103 cm³/mol. The monoisotopic (exact) mass is 362 g/mol. The Morgan fingerprint density at radius 3 is 2.04 bits per heavy atom. The van der Waals surface area contributed by atoms with E-state index >= 15 is 0 Å². The van der Waals surface area contributed by atoms with Crippen LogP contribution in [0.15, 0.2) is 77.6 Å². The van der Waals surface area contributed by atoms with E-state index in [1.54, 1.807) is 36.4 Å². The summed E-state index contributed by atoms with van der Waals surface area (Å²) in [5.74, 6) is -0.669. The quantitative estimate of drug-likeness (QED) is 0.705. The Hall–Kier alpha value is -3.74. The second kappa shape index (κ2) is 8.57. The highest BCUT2D eigenvalue weighted by atomic mass is 16.2. The van der Waals surface area contributed by atoms with Crippen LogP contribution in [0.2, 0.25) is 0 Å². The molecule has 0 aliphatic heterocycles. The van der Waals surface area contributed by atoms with E-state index in [1.807, 2.05) is 24.3 Å². The maximum atomic E-state index is 12.3. The fourth-order valence-corrected chi connectivity index (χ4v) is 2.40. The molecule has 0 spiro atoms. The minimum Gasteiger partial charge on any atom is -0.326 e. The number of hydrogen-bond donors (Lipinski definition) is 2. The molecule has 7 nitrogen and oxygen atoms in total. The van der Waals surface area contributed by atoms with Crippen LogP contribution in [0.3, 0.4) is 0 Å². The topological polar surface area (TPSA) is 93.1 Å². The summed E-state index contributed by atoms with van der Waals surface area (Å²) in [7, 11) is 0. The molecular formula is C20H18N4O3. The number of hydrogen-bond acceptors (Lipinski definition) is 4. The number of carbonyl (C=O) groups is 2. The van der Waals surface area contributed by atoms with Gasteiger partial charge in [0.2, 0.25) is 5.91 Å². The van der Waals surface area contributed by atoms with Crippen LogP contribution in [0, 0.1) is 0 Å². The number of amides is 2. The molecule has 27 heavy (non-hydrogen) atoms. The highest BCUT2D eigenvalue weighted by molar-refractivity contribution is 6.02. The number of anilines is 2. The van der Waals surface area contributed by atoms with Crippen molar-refractivity contribution in [2.75, 3.05) is 10.6 Å². The van der Waals surface area contributed by atoms with Gasteiger partial charge < -0.3 is 10.6 Å². The van der Waals surface area contributed by atoms with Crippen molar-refractivity contribution in [1.29, 1.82) is 0 Å². The SMILES string of the molecule is O=C(CCn1nc(C(=O)Nc2ccccc2)ccc1=O)Nc1ccccc1. The lowest BCUT2D eigenvalue weighted by atomic mass is 10.3. The number of benzene rings is 2. The van der Waals surface area contributed by atoms with Crippen LogP contribution in [-0.2, 0) is 11.3 Å². The second-order valence-corrected chi connectivity index (χ2v) is 5.76. The number of nitrogens with zero attached hydrogens (tertiary/aromatic N) is 2. The number of rotatable bonds is 6. The third kappa shape index (κ3) is 5.12. The first-order valence-corrected chi connectivity index (χ1v) is 8.41. The molecule has 136 valence electrons. The molecule has 0 bridgehead atoms. The summed E-state index contributed by atoms with van der Waals surface area (Å²) in [5, 5.41) is 9.51. The van der Waals surface area contributed by atoms with Crippen LogP contribution >= 0.6 is 0 Å². The van der Waals surface area contributed by atoms with E-state index in [1.165, 1.54) is 12.1 Å². The number of aryl methyl sites for hydroxylation is 1. The van der Waals surface area contributed by atoms with E-state index in [0.29, 0.717) is 11.4 Å². The lowest BCUT2D eigenvalue weighted by molar-refractivity contribution is -0.116.